The van der Waals surface area contributed by atoms with Gasteiger partial charge in [0.25, 0.3) is 0 Å². The molecule has 1 fully saturated rings. The van der Waals surface area contributed by atoms with Crippen LogP contribution in [-0.2, 0) is 13.6 Å². The molecule has 1 atom stereocenters. The average Bonchev–Trinajstić information content (AvgIpc) is 3.13. The van der Waals surface area contributed by atoms with Crippen LogP contribution in [0.5, 0.6) is 17.4 Å². The minimum Gasteiger partial charge on any atom is -0.497 e. The van der Waals surface area contributed by atoms with E-state index in [1.807, 2.05) is 42.2 Å². The highest BCUT2D eigenvalue weighted by Gasteiger charge is 2.26. The van der Waals surface area contributed by atoms with Gasteiger partial charge in [-0.05, 0) is 37.6 Å². The first-order chi connectivity index (χ1) is 13.7. The van der Waals surface area contributed by atoms with Crippen molar-refractivity contribution in [3.63, 3.8) is 0 Å². The predicted molar refractivity (Wildman–Crippen MR) is 106 cm³/mol. The van der Waals surface area contributed by atoms with Gasteiger partial charge < -0.3 is 9.47 Å². The maximum Gasteiger partial charge on any atom is 0.241 e. The van der Waals surface area contributed by atoms with Crippen LogP contribution in [0.2, 0.25) is 0 Å². The van der Waals surface area contributed by atoms with Crippen LogP contribution in [0.1, 0.15) is 30.1 Å². The van der Waals surface area contributed by atoms with E-state index < -0.39 is 0 Å². The van der Waals surface area contributed by atoms with E-state index >= 15 is 0 Å². The maximum absolute atomic E-state index is 6.08. The Bertz CT molecular complexity index is 926. The van der Waals surface area contributed by atoms with Crippen molar-refractivity contribution in [2.45, 2.75) is 25.3 Å². The molecule has 7 heteroatoms. The number of benzene rings is 1. The zero-order valence-electron chi connectivity index (χ0n) is 16.3. The summed E-state index contributed by atoms with van der Waals surface area (Å²) < 4.78 is 13.3. The van der Waals surface area contributed by atoms with Gasteiger partial charge in [0.15, 0.2) is 0 Å². The molecule has 28 heavy (non-hydrogen) atoms. The van der Waals surface area contributed by atoms with Gasteiger partial charge in [-0.2, -0.15) is 5.10 Å². The molecule has 7 nitrogen and oxygen atoms in total. The summed E-state index contributed by atoms with van der Waals surface area (Å²) in [5.74, 6) is 2.31. The number of piperidine rings is 1. The van der Waals surface area contributed by atoms with Crippen molar-refractivity contribution >= 4 is 0 Å². The van der Waals surface area contributed by atoms with Crippen molar-refractivity contribution < 1.29 is 9.47 Å². The molecular weight excluding hydrogens is 354 g/mol. The van der Waals surface area contributed by atoms with Crippen molar-refractivity contribution in [1.82, 2.24) is 24.6 Å². The number of ether oxygens (including phenoxy) is 2. The molecule has 3 heterocycles. The van der Waals surface area contributed by atoms with Crippen LogP contribution in [0.3, 0.4) is 0 Å². The third kappa shape index (κ3) is 4.14. The minimum atomic E-state index is 0.288. The lowest BCUT2D eigenvalue weighted by atomic mass is 9.94. The second-order valence-corrected chi connectivity index (χ2v) is 7.05. The van der Waals surface area contributed by atoms with Crippen LogP contribution in [0.25, 0.3) is 0 Å². The zero-order valence-corrected chi connectivity index (χ0v) is 16.3. The Morgan fingerprint density at radius 2 is 1.96 bits per heavy atom. The number of nitrogens with zero attached hydrogens (tertiary/aromatic N) is 5. The summed E-state index contributed by atoms with van der Waals surface area (Å²) in [5.41, 5.74) is 2.13. The molecule has 146 valence electrons. The summed E-state index contributed by atoms with van der Waals surface area (Å²) in [5, 5.41) is 4.27. The standard InChI is InChI=1S/C21H25N5O2/c1-25-17(8-9-24-25)15-26-12-4-5-16(14-26)20-21(23-11-10-22-20)28-19-7-3-6-18(13-19)27-2/h3,6-11,13,16H,4-5,12,14-15H2,1-2H3. The van der Waals surface area contributed by atoms with Crippen molar-refractivity contribution in [2.24, 2.45) is 7.05 Å². The van der Waals surface area contributed by atoms with E-state index in [0.717, 1.165) is 43.9 Å². The highest BCUT2D eigenvalue weighted by molar-refractivity contribution is 5.36. The summed E-state index contributed by atoms with van der Waals surface area (Å²) in [6.45, 7) is 2.89. The lowest BCUT2D eigenvalue weighted by Gasteiger charge is -2.32. The Hall–Kier alpha value is -2.93. The topological polar surface area (TPSA) is 65.3 Å². The van der Waals surface area contributed by atoms with Crippen molar-refractivity contribution in [1.29, 1.82) is 0 Å². The fourth-order valence-electron chi connectivity index (χ4n) is 3.68. The van der Waals surface area contributed by atoms with Gasteiger partial charge in [0, 0.05) is 50.7 Å². The number of aromatic nitrogens is 4. The Morgan fingerprint density at radius 3 is 2.79 bits per heavy atom. The van der Waals surface area contributed by atoms with Crippen LogP contribution in [0, 0.1) is 0 Å². The SMILES string of the molecule is COc1cccc(Oc2nccnc2C2CCCN(Cc3ccnn3C)C2)c1. The Balaban J connectivity index is 1.51. The fourth-order valence-corrected chi connectivity index (χ4v) is 3.68. The average molecular weight is 379 g/mol. The zero-order chi connectivity index (χ0) is 19.3. The van der Waals surface area contributed by atoms with E-state index in [-0.39, 0.29) is 5.92 Å². The number of rotatable bonds is 6. The first-order valence-corrected chi connectivity index (χ1v) is 9.55. The number of likely N-dealkylation sites (tertiary alicyclic amines) is 1. The van der Waals surface area contributed by atoms with E-state index in [0.29, 0.717) is 11.6 Å². The molecule has 1 aromatic carbocycles. The molecule has 2 aromatic heterocycles. The van der Waals surface area contributed by atoms with Crippen molar-refractivity contribution in [2.75, 3.05) is 20.2 Å². The third-order valence-corrected chi connectivity index (χ3v) is 5.15. The second kappa shape index (κ2) is 8.39. The molecule has 1 aliphatic rings. The van der Waals surface area contributed by atoms with E-state index in [1.165, 1.54) is 5.69 Å². The molecule has 0 bridgehead atoms. The van der Waals surface area contributed by atoms with Gasteiger partial charge in [-0.3, -0.25) is 14.6 Å². The monoisotopic (exact) mass is 379 g/mol. The third-order valence-electron chi connectivity index (χ3n) is 5.15. The largest absolute Gasteiger partial charge is 0.497 e. The predicted octanol–water partition coefficient (Wildman–Crippen LogP) is 3.39. The van der Waals surface area contributed by atoms with Crippen LogP contribution < -0.4 is 9.47 Å². The highest BCUT2D eigenvalue weighted by Crippen LogP contribution is 2.33. The smallest absolute Gasteiger partial charge is 0.241 e. The Labute approximate surface area is 164 Å². The molecule has 1 unspecified atom stereocenters. The van der Waals surface area contributed by atoms with Crippen molar-refractivity contribution in [3.8, 4) is 17.4 Å². The molecule has 0 spiro atoms. The summed E-state index contributed by atoms with van der Waals surface area (Å²) in [6.07, 6.45) is 7.47. The first kappa shape index (κ1) is 18.4. The quantitative estimate of drug-likeness (QED) is 0.654. The Morgan fingerprint density at radius 1 is 1.11 bits per heavy atom. The van der Waals surface area contributed by atoms with Gasteiger partial charge in [0.1, 0.15) is 17.2 Å². The molecule has 1 aliphatic heterocycles. The first-order valence-electron chi connectivity index (χ1n) is 9.55. The molecular formula is C21H25N5O2. The van der Waals surface area contributed by atoms with E-state index in [1.54, 1.807) is 19.5 Å². The molecule has 1 saturated heterocycles. The molecule has 0 saturated carbocycles. The van der Waals surface area contributed by atoms with Crippen LogP contribution in [0.15, 0.2) is 48.9 Å². The molecule has 4 rings (SSSR count). The van der Waals surface area contributed by atoms with Gasteiger partial charge in [-0.25, -0.2) is 4.98 Å². The second-order valence-electron chi connectivity index (χ2n) is 7.05. The van der Waals surface area contributed by atoms with Crippen molar-refractivity contribution in [3.05, 3.63) is 60.3 Å². The summed E-state index contributed by atoms with van der Waals surface area (Å²) in [4.78, 5) is 11.5. The summed E-state index contributed by atoms with van der Waals surface area (Å²) in [7, 11) is 3.63. The van der Waals surface area contributed by atoms with Gasteiger partial charge in [0.05, 0.1) is 12.8 Å². The van der Waals surface area contributed by atoms with Crippen LogP contribution in [-0.4, -0.2) is 44.8 Å². The van der Waals surface area contributed by atoms with Gasteiger partial charge in [-0.15, -0.1) is 0 Å². The van der Waals surface area contributed by atoms with E-state index in [9.17, 15) is 0 Å². The van der Waals surface area contributed by atoms with E-state index in [2.05, 4.69) is 26.0 Å². The minimum absolute atomic E-state index is 0.288. The lowest BCUT2D eigenvalue weighted by Crippen LogP contribution is -2.34. The number of methoxy groups -OCH3 is 1. The maximum atomic E-state index is 6.08. The summed E-state index contributed by atoms with van der Waals surface area (Å²) in [6, 6.07) is 9.62. The molecule has 0 radical (unpaired) electrons. The molecule has 0 amide bonds. The highest BCUT2D eigenvalue weighted by atomic mass is 16.5. The molecule has 0 aliphatic carbocycles. The molecule has 0 N–H and O–H groups in total. The molecule has 3 aromatic rings. The lowest BCUT2D eigenvalue weighted by molar-refractivity contribution is 0.192. The number of aryl methyl sites for hydroxylation is 1. The van der Waals surface area contributed by atoms with Gasteiger partial charge in [-0.1, -0.05) is 6.07 Å². The number of hydrogen-bond acceptors (Lipinski definition) is 6. The fraction of sp³-hybridized carbons (Fsp3) is 0.381. The van der Waals surface area contributed by atoms with Crippen LogP contribution in [0.4, 0.5) is 0 Å². The van der Waals surface area contributed by atoms with Gasteiger partial charge in [0.2, 0.25) is 5.88 Å². The van der Waals surface area contributed by atoms with Crippen LogP contribution >= 0.6 is 0 Å². The normalized spacial score (nSPS) is 17.4. The number of hydrogen-bond donors (Lipinski definition) is 0. The van der Waals surface area contributed by atoms with Gasteiger partial charge >= 0.3 is 0 Å². The van der Waals surface area contributed by atoms with E-state index in [4.69, 9.17) is 9.47 Å². The Kier molecular flexibility index (Phi) is 5.53. The summed E-state index contributed by atoms with van der Waals surface area (Å²) >= 11 is 0.